The number of amides is 1. The summed E-state index contributed by atoms with van der Waals surface area (Å²) >= 11 is -2.41. The second-order valence-electron chi connectivity index (χ2n) is 7.97. The number of ketones is 1. The predicted octanol–water partition coefficient (Wildman–Crippen LogP) is 3.26. The van der Waals surface area contributed by atoms with E-state index in [0.717, 1.165) is 17.7 Å². The van der Waals surface area contributed by atoms with Crippen molar-refractivity contribution < 1.29 is 27.8 Å². The van der Waals surface area contributed by atoms with Gasteiger partial charge in [0.25, 0.3) is 0 Å². The maximum absolute atomic E-state index is 12.8. The first-order valence-corrected chi connectivity index (χ1v) is 12.4. The topological polar surface area (TPSA) is 145 Å². The smallest absolute Gasteiger partial charge is 0.221 e. The van der Waals surface area contributed by atoms with E-state index in [2.05, 4.69) is 20.0 Å². The molecule has 3 aromatic rings. The predicted molar refractivity (Wildman–Crippen MR) is 135 cm³/mol. The monoisotopic (exact) mass is 513 g/mol. The van der Waals surface area contributed by atoms with Crippen molar-refractivity contribution in [2.75, 3.05) is 18.9 Å². The second kappa shape index (κ2) is 12.8. The zero-order valence-electron chi connectivity index (χ0n) is 20.3. The number of hydrogen-bond donors (Lipinski definition) is 3. The maximum atomic E-state index is 12.8. The minimum absolute atomic E-state index is 0.00680. The Labute approximate surface area is 212 Å². The number of ether oxygens (including phenoxy) is 2. The van der Waals surface area contributed by atoms with Gasteiger partial charge in [-0.25, -0.2) is 4.98 Å². The molecule has 0 radical (unpaired) electrons. The van der Waals surface area contributed by atoms with Crippen LogP contribution in [0.25, 0.3) is 0 Å². The first-order valence-electron chi connectivity index (χ1n) is 11.4. The van der Waals surface area contributed by atoms with Gasteiger partial charge in [0.15, 0.2) is 17.3 Å². The van der Waals surface area contributed by atoms with Gasteiger partial charge in [-0.1, -0.05) is 25.1 Å². The lowest BCUT2D eigenvalue weighted by Gasteiger charge is -2.18. The number of aryl methyl sites for hydroxylation is 1. The number of methoxy groups -OCH3 is 2. The zero-order chi connectivity index (χ0) is 26.1. The fraction of sp³-hybridized carbons (Fsp3) is 0.320. The molecule has 2 aromatic carbocycles. The number of aromatic amines is 1. The molecule has 2 atom stereocenters. The zero-order valence-corrected chi connectivity index (χ0v) is 21.1. The summed E-state index contributed by atoms with van der Waals surface area (Å²) < 4.78 is 34.5. The highest BCUT2D eigenvalue weighted by atomic mass is 32.2. The number of nitrogens with one attached hydrogen (secondary N) is 3. The molecule has 0 fully saturated rings. The van der Waals surface area contributed by atoms with E-state index in [0.29, 0.717) is 35.0 Å². The SMILES string of the molecule is CCc1cnc([C@H](Cc2ccc(NS(=O)[O-])cc2)NC(=O)CCC(=O)c2cccc(OC)c2OC)[nH]1. The molecule has 1 heterocycles. The van der Waals surface area contributed by atoms with Crippen LogP contribution in [-0.4, -0.2) is 44.6 Å². The average Bonchev–Trinajstić information content (AvgIpc) is 3.36. The molecule has 0 aliphatic heterocycles. The number of H-pyrrole nitrogens is 1. The first kappa shape index (κ1) is 26.9. The van der Waals surface area contributed by atoms with Crippen LogP contribution in [-0.2, 0) is 28.9 Å². The molecule has 3 rings (SSSR count). The molecule has 0 saturated carbocycles. The number of hydrogen-bond acceptors (Lipinski definition) is 7. The maximum Gasteiger partial charge on any atom is 0.221 e. The number of nitrogens with zero attached hydrogens (tertiary/aromatic N) is 1. The van der Waals surface area contributed by atoms with Gasteiger partial charge < -0.3 is 29.0 Å². The summed E-state index contributed by atoms with van der Waals surface area (Å²) in [6.45, 7) is 2.00. The highest BCUT2D eigenvalue weighted by Crippen LogP contribution is 2.31. The van der Waals surface area contributed by atoms with Crippen molar-refractivity contribution in [2.45, 2.75) is 38.6 Å². The van der Waals surface area contributed by atoms with Gasteiger partial charge in [0.1, 0.15) is 5.82 Å². The molecule has 11 heteroatoms. The lowest BCUT2D eigenvalue weighted by atomic mass is 10.0. The van der Waals surface area contributed by atoms with Gasteiger partial charge in [0, 0.05) is 41.7 Å². The normalized spacial score (nSPS) is 12.4. The number of carbonyl (C=O) groups excluding carboxylic acids is 2. The molecule has 1 amide bonds. The molecule has 10 nitrogen and oxygen atoms in total. The van der Waals surface area contributed by atoms with E-state index < -0.39 is 17.3 Å². The molecular formula is C25H29N4O6S-. The Hall–Kier alpha value is -3.70. The fourth-order valence-corrected chi connectivity index (χ4v) is 4.05. The van der Waals surface area contributed by atoms with Gasteiger partial charge in [0.2, 0.25) is 5.91 Å². The van der Waals surface area contributed by atoms with Crippen LogP contribution in [0.1, 0.15) is 53.2 Å². The molecule has 0 saturated heterocycles. The van der Waals surface area contributed by atoms with E-state index >= 15 is 0 Å². The summed E-state index contributed by atoms with van der Waals surface area (Å²) in [5.41, 5.74) is 2.59. The van der Waals surface area contributed by atoms with Crippen LogP contribution in [0.15, 0.2) is 48.7 Å². The van der Waals surface area contributed by atoms with Gasteiger partial charge in [-0.3, -0.25) is 13.8 Å². The highest BCUT2D eigenvalue weighted by molar-refractivity contribution is 7.80. The van der Waals surface area contributed by atoms with Crippen molar-refractivity contribution in [2.24, 2.45) is 0 Å². The van der Waals surface area contributed by atoms with Crippen LogP contribution >= 0.6 is 0 Å². The molecule has 192 valence electrons. The van der Waals surface area contributed by atoms with E-state index in [4.69, 9.17) is 9.47 Å². The van der Waals surface area contributed by atoms with Crippen molar-refractivity contribution in [1.29, 1.82) is 0 Å². The van der Waals surface area contributed by atoms with Crippen LogP contribution in [0.4, 0.5) is 5.69 Å². The second-order valence-corrected chi connectivity index (χ2v) is 8.64. The highest BCUT2D eigenvalue weighted by Gasteiger charge is 2.21. The number of imidazole rings is 1. The molecule has 0 aliphatic rings. The van der Waals surface area contributed by atoms with Crippen LogP contribution in [0.5, 0.6) is 11.5 Å². The molecule has 0 bridgehead atoms. The Kier molecular flexibility index (Phi) is 9.60. The fourth-order valence-electron chi connectivity index (χ4n) is 3.73. The van der Waals surface area contributed by atoms with Crippen molar-refractivity contribution >= 4 is 28.6 Å². The third kappa shape index (κ3) is 7.15. The van der Waals surface area contributed by atoms with E-state index in [-0.39, 0.29) is 24.5 Å². The Balaban J connectivity index is 1.69. The van der Waals surface area contributed by atoms with Crippen molar-refractivity contribution in [3.05, 3.63) is 71.3 Å². The summed E-state index contributed by atoms with van der Waals surface area (Å²) in [6.07, 6.45) is 2.88. The standard InChI is InChI=1S/C25H30N4O6S/c1-4-17-15-26-25(27-17)20(14-16-8-10-18(11-9-16)29-36(32)33)28-23(31)13-12-21(30)19-6-5-7-22(34-2)24(19)35-3/h5-11,15,20,29H,4,12-14H2,1-3H3,(H,26,27)(H,28,31)(H,32,33)/p-1/t20-/m0/s1. The van der Waals surface area contributed by atoms with E-state index in [1.165, 1.54) is 14.2 Å². The van der Waals surface area contributed by atoms with Gasteiger partial charge in [-0.15, -0.1) is 0 Å². The van der Waals surface area contributed by atoms with Crippen LogP contribution in [0.2, 0.25) is 0 Å². The molecule has 3 N–H and O–H groups in total. The third-order valence-electron chi connectivity index (χ3n) is 5.57. The molecule has 36 heavy (non-hydrogen) atoms. The summed E-state index contributed by atoms with van der Waals surface area (Å²) in [5, 5.41) is 2.97. The summed E-state index contributed by atoms with van der Waals surface area (Å²) in [7, 11) is 2.95. The summed E-state index contributed by atoms with van der Waals surface area (Å²) in [6, 6.07) is 11.4. The van der Waals surface area contributed by atoms with Crippen molar-refractivity contribution in [3.63, 3.8) is 0 Å². The lowest BCUT2D eigenvalue weighted by Crippen LogP contribution is -2.31. The van der Waals surface area contributed by atoms with Crippen LogP contribution in [0, 0.1) is 0 Å². The quantitative estimate of drug-likeness (QED) is 0.235. The van der Waals surface area contributed by atoms with E-state index in [1.54, 1.807) is 48.7 Å². The number of carbonyl (C=O) groups is 2. The Morgan fingerprint density at radius 1 is 1.11 bits per heavy atom. The van der Waals surface area contributed by atoms with Gasteiger partial charge in [0.05, 0.1) is 25.8 Å². The molecule has 0 spiro atoms. The van der Waals surface area contributed by atoms with Crippen molar-refractivity contribution in [1.82, 2.24) is 15.3 Å². The lowest BCUT2D eigenvalue weighted by molar-refractivity contribution is -0.121. The number of anilines is 1. The third-order valence-corrected chi connectivity index (χ3v) is 5.97. The van der Waals surface area contributed by atoms with Crippen LogP contribution < -0.4 is 19.5 Å². The number of aromatic nitrogens is 2. The van der Waals surface area contributed by atoms with Crippen LogP contribution in [0.3, 0.4) is 0 Å². The summed E-state index contributed by atoms with van der Waals surface area (Å²) in [5.74, 6) is 0.848. The first-order chi connectivity index (χ1) is 17.3. The molecule has 0 aliphatic carbocycles. The molecular weight excluding hydrogens is 484 g/mol. The number of para-hydroxylation sites is 1. The minimum Gasteiger partial charge on any atom is -0.755 e. The molecule has 1 unspecified atom stereocenters. The Bertz CT molecular complexity index is 1210. The van der Waals surface area contributed by atoms with Gasteiger partial charge in [-0.2, -0.15) is 0 Å². The number of rotatable bonds is 13. The Morgan fingerprint density at radius 3 is 2.47 bits per heavy atom. The summed E-state index contributed by atoms with van der Waals surface area (Å²) in [4.78, 5) is 33.3. The van der Waals surface area contributed by atoms with Crippen molar-refractivity contribution in [3.8, 4) is 11.5 Å². The molecule has 1 aromatic heterocycles. The van der Waals surface area contributed by atoms with E-state index in [1.807, 2.05) is 6.92 Å². The minimum atomic E-state index is -2.41. The van der Waals surface area contributed by atoms with E-state index in [9.17, 15) is 18.4 Å². The average molecular weight is 514 g/mol. The van der Waals surface area contributed by atoms with Gasteiger partial charge in [-0.05, 0) is 42.7 Å². The largest absolute Gasteiger partial charge is 0.755 e. The number of benzene rings is 2. The Morgan fingerprint density at radius 2 is 1.86 bits per heavy atom. The van der Waals surface area contributed by atoms with Gasteiger partial charge >= 0.3 is 0 Å². The number of Topliss-reactive ketones (excluding diaryl/α,β-unsaturated/α-hetero) is 1.